The minimum atomic E-state index is -0.206. The van der Waals surface area contributed by atoms with Gasteiger partial charge in [0.1, 0.15) is 30.5 Å². The molecule has 0 aliphatic rings. The Morgan fingerprint density at radius 3 is 1.97 bits per heavy atom. The fourth-order valence-electron chi connectivity index (χ4n) is 2.80. The number of phenolic OH excluding ortho intramolecular Hbond substituents is 1. The predicted octanol–water partition coefficient (Wildman–Crippen LogP) is 2.58. The highest BCUT2D eigenvalue weighted by molar-refractivity contribution is 5.30. The van der Waals surface area contributed by atoms with Crippen LogP contribution in [0.2, 0.25) is 0 Å². The number of hydrogen-bond donors (Lipinski definition) is 1. The van der Waals surface area contributed by atoms with E-state index in [-0.39, 0.29) is 32.4 Å². The van der Waals surface area contributed by atoms with Crippen LogP contribution in [-0.2, 0) is 5.41 Å². The third-order valence-electron chi connectivity index (χ3n) is 4.51. The van der Waals surface area contributed by atoms with E-state index in [0.29, 0.717) is 13.2 Å². The molecule has 4 heteroatoms. The van der Waals surface area contributed by atoms with Crippen LogP contribution >= 0.6 is 0 Å². The predicted molar refractivity (Wildman–Crippen MR) is 113 cm³/mol. The number of aryl methyl sites for hydroxylation is 1. The lowest BCUT2D eigenvalue weighted by Crippen LogP contribution is -3.61. The molecule has 3 nitrogen and oxygen atoms in total. The normalized spacial score (nSPS) is 11.3. The molecule has 1 N–H and O–H groups in total. The van der Waals surface area contributed by atoms with Gasteiger partial charge in [0.05, 0.1) is 0 Å². The van der Waals surface area contributed by atoms with E-state index < -0.39 is 0 Å². The molecule has 0 radical (unpaired) electrons. The summed E-state index contributed by atoms with van der Waals surface area (Å²) >= 11 is -0.206. The largest absolute Gasteiger partial charge is 0.508 e. The first-order valence-corrected chi connectivity index (χ1v) is 11.9. The van der Waals surface area contributed by atoms with Crippen LogP contribution in [-0.4, -0.2) is 18.3 Å². The summed E-state index contributed by atoms with van der Waals surface area (Å²) < 4.78 is 14.3. The summed E-state index contributed by atoms with van der Waals surface area (Å²) in [6.07, 6.45) is 0. The highest BCUT2D eigenvalue weighted by Crippen LogP contribution is 2.21. The van der Waals surface area contributed by atoms with Gasteiger partial charge in [0.2, 0.25) is 0 Å². The molecule has 3 aromatic rings. The number of ether oxygens (including phenoxy) is 2. The number of benzene rings is 3. The second-order valence-electron chi connectivity index (χ2n) is 7.95. The molecular weight excluding hydrogens is 475 g/mol. The van der Waals surface area contributed by atoms with E-state index in [9.17, 15) is 5.11 Å². The van der Waals surface area contributed by atoms with E-state index in [1.54, 1.807) is 24.3 Å². The Balaban J connectivity index is 1.52. The number of rotatable bonds is 7. The van der Waals surface area contributed by atoms with Gasteiger partial charge in [0, 0.05) is 5.56 Å². The van der Waals surface area contributed by atoms with Crippen molar-refractivity contribution in [3.05, 3.63) is 85.0 Å². The van der Waals surface area contributed by atoms with E-state index >= 15 is 0 Å². The Hall–Kier alpha value is -2.21. The Labute approximate surface area is 184 Å². The fraction of sp³-hybridized carbons (Fsp3) is 0.280. The second-order valence-corrected chi connectivity index (χ2v) is 10.9. The van der Waals surface area contributed by atoms with E-state index in [0.717, 1.165) is 11.5 Å². The van der Waals surface area contributed by atoms with Gasteiger partial charge >= 0.3 is 21.2 Å². The van der Waals surface area contributed by atoms with Crippen molar-refractivity contribution < 1.29 is 35.8 Å². The molecule has 0 bridgehead atoms. The first kappa shape index (κ1) is 21.5. The maximum absolute atomic E-state index is 9.28. The van der Waals surface area contributed by atoms with Gasteiger partial charge in [0.25, 0.3) is 0 Å². The molecule has 0 unspecified atom stereocenters. The van der Waals surface area contributed by atoms with Crippen molar-refractivity contribution in [2.45, 2.75) is 33.1 Å². The Kier molecular flexibility index (Phi) is 7.06. The molecular formula is C25H28IO3+. The van der Waals surface area contributed by atoms with Gasteiger partial charge in [0.15, 0.2) is 7.14 Å². The zero-order valence-corrected chi connectivity index (χ0v) is 19.6. The molecule has 3 aromatic carbocycles. The summed E-state index contributed by atoms with van der Waals surface area (Å²) in [7, 11) is 0. The van der Waals surface area contributed by atoms with Crippen LogP contribution in [0.1, 0.15) is 31.9 Å². The number of halogens is 1. The average Bonchev–Trinajstić information content (AvgIpc) is 2.68. The van der Waals surface area contributed by atoms with Gasteiger partial charge in [-0.3, -0.25) is 0 Å². The molecule has 0 saturated carbocycles. The van der Waals surface area contributed by atoms with Crippen LogP contribution in [0.5, 0.6) is 17.2 Å². The summed E-state index contributed by atoms with van der Waals surface area (Å²) in [5.41, 5.74) is 2.84. The topological polar surface area (TPSA) is 38.7 Å². The lowest BCUT2D eigenvalue weighted by Gasteiger charge is -2.18. The first-order chi connectivity index (χ1) is 13.8. The summed E-state index contributed by atoms with van der Waals surface area (Å²) in [4.78, 5) is 0. The van der Waals surface area contributed by atoms with Gasteiger partial charge in [-0.15, -0.1) is 0 Å². The van der Waals surface area contributed by atoms with Crippen LogP contribution in [0.15, 0.2) is 66.7 Å². The van der Waals surface area contributed by atoms with Crippen LogP contribution in [0.3, 0.4) is 0 Å². The number of phenols is 1. The molecule has 0 aromatic heterocycles. The third-order valence-corrected chi connectivity index (χ3v) is 7.64. The monoisotopic (exact) mass is 503 g/mol. The van der Waals surface area contributed by atoms with Gasteiger partial charge < -0.3 is 14.6 Å². The van der Waals surface area contributed by atoms with Gasteiger partial charge in [-0.2, -0.15) is 0 Å². The van der Waals surface area contributed by atoms with Crippen molar-refractivity contribution in [2.24, 2.45) is 0 Å². The molecule has 0 atom stereocenters. The van der Waals surface area contributed by atoms with Gasteiger partial charge in [-0.1, -0.05) is 32.9 Å². The summed E-state index contributed by atoms with van der Waals surface area (Å²) in [5, 5.41) is 9.28. The maximum Gasteiger partial charge on any atom is 0.358 e. The van der Waals surface area contributed by atoms with Crippen molar-refractivity contribution in [2.75, 3.05) is 13.2 Å². The second kappa shape index (κ2) is 9.53. The van der Waals surface area contributed by atoms with Crippen molar-refractivity contribution in [3.63, 3.8) is 0 Å². The minimum absolute atomic E-state index is 0.192. The minimum Gasteiger partial charge on any atom is -0.508 e. The van der Waals surface area contributed by atoms with Crippen molar-refractivity contribution in [1.82, 2.24) is 0 Å². The molecule has 0 amide bonds. The molecule has 0 aliphatic carbocycles. The zero-order chi connectivity index (χ0) is 20.9. The molecule has 0 saturated heterocycles. The lowest BCUT2D eigenvalue weighted by atomic mass is 9.87. The van der Waals surface area contributed by atoms with E-state index in [4.69, 9.17) is 9.47 Å². The summed E-state index contributed by atoms with van der Waals surface area (Å²) in [6, 6.07) is 22.1. The molecule has 29 heavy (non-hydrogen) atoms. The molecule has 0 spiro atoms. The first-order valence-electron chi connectivity index (χ1n) is 9.72. The average molecular weight is 503 g/mol. The van der Waals surface area contributed by atoms with Crippen molar-refractivity contribution >= 4 is 0 Å². The Bertz CT molecular complexity index is 926. The fourth-order valence-corrected chi connectivity index (χ4v) is 5.14. The SMILES string of the molecule is Cc1cc(OCCOc2ccc(O)cc2)ccc1[I+]c1ccc(C(C)(C)C)cc1. The van der Waals surface area contributed by atoms with Crippen LogP contribution in [0.4, 0.5) is 0 Å². The highest BCUT2D eigenvalue weighted by Gasteiger charge is 2.20. The molecule has 0 aliphatic heterocycles. The van der Waals surface area contributed by atoms with E-state index in [1.165, 1.54) is 18.3 Å². The molecule has 0 heterocycles. The van der Waals surface area contributed by atoms with E-state index in [2.05, 4.69) is 64.1 Å². The van der Waals surface area contributed by atoms with Gasteiger partial charge in [-0.05, 0) is 72.5 Å². The molecule has 0 fully saturated rings. The lowest BCUT2D eigenvalue weighted by molar-refractivity contribution is -0.598. The van der Waals surface area contributed by atoms with Crippen LogP contribution in [0, 0.1) is 14.1 Å². The smallest absolute Gasteiger partial charge is 0.358 e. The van der Waals surface area contributed by atoms with Crippen LogP contribution < -0.4 is 30.7 Å². The van der Waals surface area contributed by atoms with Crippen molar-refractivity contribution in [3.8, 4) is 17.2 Å². The summed E-state index contributed by atoms with van der Waals surface area (Å²) in [6.45, 7) is 9.82. The Morgan fingerprint density at radius 2 is 1.38 bits per heavy atom. The standard InChI is InChI=1S/C25H27IO3/c1-18-17-23(29-16-15-28-22-11-9-21(27)10-12-22)13-14-24(18)26-20-7-5-19(6-8-20)25(2,3)4/h5-14,17H,15-16H2,1-4H3/p+1. The zero-order valence-electron chi connectivity index (χ0n) is 17.4. The molecule has 152 valence electrons. The number of hydrogen-bond acceptors (Lipinski definition) is 3. The van der Waals surface area contributed by atoms with E-state index in [1.807, 2.05) is 6.07 Å². The van der Waals surface area contributed by atoms with Crippen LogP contribution in [0.25, 0.3) is 0 Å². The third kappa shape index (κ3) is 6.39. The highest BCUT2D eigenvalue weighted by atomic mass is 127. The number of aromatic hydroxyl groups is 1. The maximum atomic E-state index is 9.28. The Morgan fingerprint density at radius 1 is 0.793 bits per heavy atom. The quantitative estimate of drug-likeness (QED) is 0.398. The summed E-state index contributed by atoms with van der Waals surface area (Å²) in [5.74, 6) is 1.82. The van der Waals surface area contributed by atoms with Gasteiger partial charge in [-0.25, -0.2) is 0 Å². The van der Waals surface area contributed by atoms with Crippen molar-refractivity contribution in [1.29, 1.82) is 0 Å². The molecule has 3 rings (SSSR count).